The minimum absolute atomic E-state index is 0.199. The molecule has 0 aliphatic carbocycles. The molecular formula is C14H28F3N3O. The van der Waals surface area contributed by atoms with Crippen LogP contribution in [0.4, 0.5) is 13.2 Å². The zero-order valence-corrected chi connectivity index (χ0v) is 13.4. The molecule has 0 rings (SSSR count). The molecule has 0 heterocycles. The first-order valence-corrected chi connectivity index (χ1v) is 7.37. The second-order valence-corrected chi connectivity index (χ2v) is 5.91. The zero-order chi connectivity index (χ0) is 16.7. The Balaban J connectivity index is 4.48. The minimum atomic E-state index is -4.21. The third kappa shape index (κ3) is 8.26. The Morgan fingerprint density at radius 3 is 2.29 bits per heavy atom. The van der Waals surface area contributed by atoms with E-state index in [0.717, 1.165) is 6.42 Å². The number of rotatable bonds is 10. The van der Waals surface area contributed by atoms with E-state index in [1.54, 1.807) is 20.8 Å². The maximum atomic E-state index is 12.5. The molecule has 0 radical (unpaired) electrons. The van der Waals surface area contributed by atoms with E-state index in [9.17, 15) is 18.0 Å². The van der Waals surface area contributed by atoms with Crippen LogP contribution in [-0.4, -0.2) is 48.2 Å². The molecule has 0 aliphatic rings. The number of halogens is 3. The zero-order valence-electron chi connectivity index (χ0n) is 13.4. The average molecular weight is 311 g/mol. The Morgan fingerprint density at radius 1 is 1.33 bits per heavy atom. The molecule has 21 heavy (non-hydrogen) atoms. The number of carbonyl (C=O) groups is 1. The molecule has 0 aromatic rings. The predicted octanol–water partition coefficient (Wildman–Crippen LogP) is 2.28. The fourth-order valence-corrected chi connectivity index (χ4v) is 2.09. The van der Waals surface area contributed by atoms with Crippen LogP contribution in [0.2, 0.25) is 0 Å². The van der Waals surface area contributed by atoms with E-state index in [1.165, 1.54) is 4.90 Å². The molecule has 0 fully saturated rings. The molecular weight excluding hydrogens is 283 g/mol. The summed E-state index contributed by atoms with van der Waals surface area (Å²) in [4.78, 5) is 12.9. The van der Waals surface area contributed by atoms with Crippen molar-refractivity contribution < 1.29 is 18.0 Å². The number of hydrogen-bond donors (Lipinski definition) is 2. The Labute approximate surface area is 125 Å². The lowest BCUT2D eigenvalue weighted by Gasteiger charge is -2.31. The van der Waals surface area contributed by atoms with Crippen molar-refractivity contribution in [1.82, 2.24) is 10.2 Å². The highest BCUT2D eigenvalue weighted by atomic mass is 19.4. The van der Waals surface area contributed by atoms with Gasteiger partial charge >= 0.3 is 6.18 Å². The molecule has 0 saturated carbocycles. The van der Waals surface area contributed by atoms with Gasteiger partial charge in [-0.15, -0.1) is 0 Å². The number of amides is 1. The van der Waals surface area contributed by atoms with E-state index < -0.39 is 24.2 Å². The highest BCUT2D eigenvalue weighted by molar-refractivity contribution is 5.84. The minimum Gasteiger partial charge on any atom is -0.368 e. The maximum absolute atomic E-state index is 12.5. The first-order chi connectivity index (χ1) is 9.52. The van der Waals surface area contributed by atoms with Gasteiger partial charge < -0.3 is 11.1 Å². The van der Waals surface area contributed by atoms with Gasteiger partial charge in [0.2, 0.25) is 5.91 Å². The molecule has 1 unspecified atom stereocenters. The predicted molar refractivity (Wildman–Crippen MR) is 77.9 cm³/mol. The molecule has 1 atom stereocenters. The van der Waals surface area contributed by atoms with Crippen LogP contribution < -0.4 is 11.1 Å². The monoisotopic (exact) mass is 311 g/mol. The van der Waals surface area contributed by atoms with Crippen molar-refractivity contribution >= 4 is 5.91 Å². The fraction of sp³-hybridized carbons (Fsp3) is 0.929. The van der Waals surface area contributed by atoms with Gasteiger partial charge in [-0.25, -0.2) is 0 Å². The van der Waals surface area contributed by atoms with Crippen molar-refractivity contribution in [2.24, 2.45) is 5.73 Å². The van der Waals surface area contributed by atoms with Crippen LogP contribution in [0.1, 0.15) is 47.0 Å². The Morgan fingerprint density at radius 2 is 1.90 bits per heavy atom. The van der Waals surface area contributed by atoms with Crippen molar-refractivity contribution in [3.63, 3.8) is 0 Å². The summed E-state index contributed by atoms with van der Waals surface area (Å²) in [5, 5.41) is 3.08. The summed E-state index contributed by atoms with van der Waals surface area (Å²) < 4.78 is 37.5. The topological polar surface area (TPSA) is 58.4 Å². The number of primary amides is 1. The summed E-state index contributed by atoms with van der Waals surface area (Å²) in [6.45, 7) is 7.14. The fourth-order valence-electron chi connectivity index (χ4n) is 2.09. The summed E-state index contributed by atoms with van der Waals surface area (Å²) >= 11 is 0. The van der Waals surface area contributed by atoms with E-state index >= 15 is 0 Å². The van der Waals surface area contributed by atoms with Crippen LogP contribution in [0.15, 0.2) is 0 Å². The first-order valence-electron chi connectivity index (χ1n) is 7.37. The van der Waals surface area contributed by atoms with E-state index in [1.807, 2.05) is 6.92 Å². The van der Waals surface area contributed by atoms with Crippen LogP contribution in [-0.2, 0) is 4.79 Å². The molecule has 0 bridgehead atoms. The van der Waals surface area contributed by atoms with Crippen molar-refractivity contribution in [2.75, 3.05) is 19.6 Å². The SMILES string of the molecule is CCCNC(C)(CCCN(CC(F)(F)F)C(C)C)C(N)=O. The number of alkyl halides is 3. The van der Waals surface area contributed by atoms with E-state index in [-0.39, 0.29) is 12.6 Å². The molecule has 1 amide bonds. The smallest absolute Gasteiger partial charge is 0.368 e. The lowest BCUT2D eigenvalue weighted by atomic mass is 9.94. The highest BCUT2D eigenvalue weighted by Crippen LogP contribution is 2.19. The van der Waals surface area contributed by atoms with Crippen molar-refractivity contribution in [3.05, 3.63) is 0 Å². The molecule has 0 spiro atoms. The van der Waals surface area contributed by atoms with E-state index in [2.05, 4.69) is 5.32 Å². The molecule has 4 nitrogen and oxygen atoms in total. The van der Waals surface area contributed by atoms with Crippen molar-refractivity contribution in [3.8, 4) is 0 Å². The lowest BCUT2D eigenvalue weighted by Crippen LogP contribution is -2.53. The van der Waals surface area contributed by atoms with Gasteiger partial charge in [-0.1, -0.05) is 6.92 Å². The van der Waals surface area contributed by atoms with Gasteiger partial charge in [0.05, 0.1) is 12.1 Å². The van der Waals surface area contributed by atoms with Crippen molar-refractivity contribution in [2.45, 2.75) is 64.7 Å². The quantitative estimate of drug-likeness (QED) is 0.651. The Bertz CT molecular complexity index is 321. The molecule has 0 aromatic heterocycles. The van der Waals surface area contributed by atoms with Gasteiger partial charge in [-0.2, -0.15) is 13.2 Å². The number of carbonyl (C=O) groups excluding carboxylic acids is 1. The molecule has 0 saturated heterocycles. The van der Waals surface area contributed by atoms with E-state index in [0.29, 0.717) is 19.4 Å². The maximum Gasteiger partial charge on any atom is 0.401 e. The molecule has 126 valence electrons. The largest absolute Gasteiger partial charge is 0.401 e. The highest BCUT2D eigenvalue weighted by Gasteiger charge is 2.33. The first kappa shape index (κ1) is 20.2. The Hall–Kier alpha value is -0.820. The molecule has 0 aromatic carbocycles. The van der Waals surface area contributed by atoms with Crippen LogP contribution >= 0.6 is 0 Å². The van der Waals surface area contributed by atoms with Crippen LogP contribution in [0.25, 0.3) is 0 Å². The summed E-state index contributed by atoms with van der Waals surface area (Å²) in [5.74, 6) is -0.470. The summed E-state index contributed by atoms with van der Waals surface area (Å²) in [7, 11) is 0. The van der Waals surface area contributed by atoms with Gasteiger partial charge in [0.25, 0.3) is 0 Å². The van der Waals surface area contributed by atoms with Crippen LogP contribution in [0, 0.1) is 0 Å². The number of hydrogen-bond acceptors (Lipinski definition) is 3. The summed E-state index contributed by atoms with van der Waals surface area (Å²) in [5.41, 5.74) is 4.53. The molecule has 7 heteroatoms. The van der Waals surface area contributed by atoms with Crippen LogP contribution in [0.5, 0.6) is 0 Å². The third-order valence-corrected chi connectivity index (χ3v) is 3.54. The number of nitrogens with zero attached hydrogens (tertiary/aromatic N) is 1. The summed E-state index contributed by atoms with van der Waals surface area (Å²) in [6, 6.07) is -0.199. The summed E-state index contributed by atoms with van der Waals surface area (Å²) in [6.07, 6.45) is -2.46. The average Bonchev–Trinajstić information content (AvgIpc) is 2.33. The van der Waals surface area contributed by atoms with Gasteiger partial charge in [0, 0.05) is 6.04 Å². The van der Waals surface area contributed by atoms with Crippen molar-refractivity contribution in [1.29, 1.82) is 0 Å². The van der Waals surface area contributed by atoms with Gasteiger partial charge in [0.15, 0.2) is 0 Å². The van der Waals surface area contributed by atoms with E-state index in [4.69, 9.17) is 5.73 Å². The number of nitrogens with one attached hydrogen (secondary N) is 1. The van der Waals surface area contributed by atoms with Gasteiger partial charge in [-0.3, -0.25) is 9.69 Å². The standard InChI is InChI=1S/C14H28F3N3O/c1-5-8-19-13(4,12(18)21)7-6-9-20(11(2)3)10-14(15,16)17/h11,19H,5-10H2,1-4H3,(H2,18,21). The third-order valence-electron chi connectivity index (χ3n) is 3.54. The molecule has 0 aliphatic heterocycles. The number of nitrogens with two attached hydrogens (primary N) is 1. The normalized spacial score (nSPS) is 15.5. The van der Waals surface area contributed by atoms with Gasteiger partial charge in [0.1, 0.15) is 0 Å². The van der Waals surface area contributed by atoms with Gasteiger partial charge in [-0.05, 0) is 53.1 Å². The second kappa shape index (κ2) is 8.58. The Kier molecular flexibility index (Phi) is 8.25. The molecule has 3 N–H and O–H groups in total. The van der Waals surface area contributed by atoms with Crippen LogP contribution in [0.3, 0.4) is 0 Å². The second-order valence-electron chi connectivity index (χ2n) is 5.91. The lowest BCUT2D eigenvalue weighted by molar-refractivity contribution is -0.150.